The van der Waals surface area contributed by atoms with Crippen LogP contribution in [0.3, 0.4) is 0 Å². The first kappa shape index (κ1) is 13.0. The minimum atomic E-state index is 0.789. The van der Waals surface area contributed by atoms with Gasteiger partial charge in [0.2, 0.25) is 0 Å². The van der Waals surface area contributed by atoms with Crippen LogP contribution >= 0.6 is 0 Å². The molecule has 3 unspecified atom stereocenters. The molecule has 0 bridgehead atoms. The van der Waals surface area contributed by atoms with Gasteiger partial charge in [0.05, 0.1) is 0 Å². The Morgan fingerprint density at radius 3 is 2.47 bits per heavy atom. The molecule has 0 heterocycles. The molecular weight excluding hydrogens is 182 g/mol. The average molecular weight is 211 g/mol. The van der Waals surface area contributed by atoms with Crippen LogP contribution in [0.2, 0.25) is 0 Å². The van der Waals surface area contributed by atoms with Gasteiger partial charge in [0.15, 0.2) is 0 Å². The Bertz CT molecular complexity index is 167. The summed E-state index contributed by atoms with van der Waals surface area (Å²) in [4.78, 5) is 2.65. The third-order valence-electron chi connectivity index (χ3n) is 4.03. The van der Waals surface area contributed by atoms with Gasteiger partial charge >= 0.3 is 0 Å². The molecule has 0 spiro atoms. The summed E-state index contributed by atoms with van der Waals surface area (Å²) in [6.07, 6.45) is 7.05. The Labute approximate surface area is 96.2 Å². The Morgan fingerprint density at radius 1 is 1.33 bits per heavy atom. The minimum Gasteiger partial charge on any atom is -0.301 e. The normalized spacial score (nSPS) is 27.0. The summed E-state index contributed by atoms with van der Waals surface area (Å²) < 4.78 is 0. The van der Waals surface area contributed by atoms with Gasteiger partial charge in [-0.05, 0) is 57.5 Å². The topological polar surface area (TPSA) is 3.24 Å². The van der Waals surface area contributed by atoms with Crippen LogP contribution in [0.15, 0.2) is 0 Å². The van der Waals surface area contributed by atoms with Crippen LogP contribution in [0, 0.1) is 11.8 Å². The number of nitrogens with zero attached hydrogens (tertiary/aromatic N) is 1. The van der Waals surface area contributed by atoms with E-state index in [9.17, 15) is 0 Å². The molecule has 0 aromatic carbocycles. The van der Waals surface area contributed by atoms with Crippen LogP contribution in [0.25, 0.3) is 0 Å². The van der Waals surface area contributed by atoms with Crippen molar-refractivity contribution in [3.05, 3.63) is 0 Å². The molecule has 0 radical (unpaired) electrons. The Balaban J connectivity index is 2.09. The van der Waals surface area contributed by atoms with Crippen LogP contribution < -0.4 is 0 Å². The van der Waals surface area contributed by atoms with Crippen LogP contribution in [-0.4, -0.2) is 24.0 Å². The lowest BCUT2D eigenvalue weighted by Gasteiger charge is -2.27. The van der Waals surface area contributed by atoms with E-state index in [-0.39, 0.29) is 0 Å². The van der Waals surface area contributed by atoms with E-state index < -0.39 is 0 Å². The lowest BCUT2D eigenvalue weighted by Crippen LogP contribution is -2.33. The van der Waals surface area contributed by atoms with E-state index in [1.54, 1.807) is 0 Å². The smallest absolute Gasteiger partial charge is 0.00667 e. The van der Waals surface area contributed by atoms with Crippen molar-refractivity contribution in [2.45, 2.75) is 65.8 Å². The molecule has 0 aromatic rings. The molecule has 1 nitrogen and oxygen atoms in total. The quantitative estimate of drug-likeness (QED) is 0.588. The van der Waals surface area contributed by atoms with Crippen molar-refractivity contribution in [1.82, 2.24) is 4.90 Å². The fraction of sp³-hybridized carbons (Fsp3) is 1.00. The highest BCUT2D eigenvalue weighted by Crippen LogP contribution is 2.41. The van der Waals surface area contributed by atoms with Crippen molar-refractivity contribution < 1.29 is 0 Å². The number of hydrogen-bond acceptors (Lipinski definition) is 1. The standard InChI is InChI=1S/C14H29N/c1-5-8-13(4)15(6-2)10-7-9-14-11-12(14)3/h12-14H,5-11H2,1-4H3. The van der Waals surface area contributed by atoms with E-state index in [0.29, 0.717) is 0 Å². The molecule has 0 aliphatic heterocycles. The SMILES string of the molecule is CCCC(C)N(CC)CCCC1CC1C. The van der Waals surface area contributed by atoms with Crippen molar-refractivity contribution in [3.63, 3.8) is 0 Å². The maximum Gasteiger partial charge on any atom is 0.00667 e. The molecule has 1 fully saturated rings. The van der Waals surface area contributed by atoms with E-state index in [4.69, 9.17) is 0 Å². The highest BCUT2D eigenvalue weighted by Gasteiger charge is 2.31. The lowest BCUT2D eigenvalue weighted by molar-refractivity contribution is 0.203. The van der Waals surface area contributed by atoms with E-state index in [1.165, 1.54) is 45.2 Å². The van der Waals surface area contributed by atoms with Crippen LogP contribution in [-0.2, 0) is 0 Å². The summed E-state index contributed by atoms with van der Waals surface area (Å²) in [6.45, 7) is 11.9. The molecule has 1 saturated carbocycles. The third kappa shape index (κ3) is 4.55. The molecule has 0 N–H and O–H groups in total. The molecule has 3 atom stereocenters. The van der Waals surface area contributed by atoms with Gasteiger partial charge in [-0.25, -0.2) is 0 Å². The van der Waals surface area contributed by atoms with E-state index in [2.05, 4.69) is 32.6 Å². The molecule has 1 aliphatic carbocycles. The minimum absolute atomic E-state index is 0.789. The molecule has 0 aromatic heterocycles. The van der Waals surface area contributed by atoms with E-state index in [0.717, 1.165) is 17.9 Å². The molecule has 90 valence electrons. The van der Waals surface area contributed by atoms with Gasteiger partial charge in [-0.2, -0.15) is 0 Å². The zero-order valence-electron chi connectivity index (χ0n) is 11.1. The molecular formula is C14H29N. The van der Waals surface area contributed by atoms with Crippen molar-refractivity contribution in [3.8, 4) is 0 Å². The van der Waals surface area contributed by atoms with Gasteiger partial charge < -0.3 is 4.90 Å². The van der Waals surface area contributed by atoms with Crippen molar-refractivity contribution in [1.29, 1.82) is 0 Å². The van der Waals surface area contributed by atoms with Crippen molar-refractivity contribution >= 4 is 0 Å². The first-order chi connectivity index (χ1) is 7.19. The molecule has 1 heteroatoms. The lowest BCUT2D eigenvalue weighted by atomic mass is 10.1. The van der Waals surface area contributed by atoms with Gasteiger partial charge in [-0.15, -0.1) is 0 Å². The second-order valence-corrected chi connectivity index (χ2v) is 5.38. The van der Waals surface area contributed by atoms with Crippen LogP contribution in [0.1, 0.15) is 59.8 Å². The summed E-state index contributed by atoms with van der Waals surface area (Å²) in [5, 5.41) is 0. The second kappa shape index (κ2) is 6.52. The molecule has 0 saturated heterocycles. The predicted octanol–water partition coefficient (Wildman–Crippen LogP) is 3.93. The fourth-order valence-electron chi connectivity index (χ4n) is 2.65. The highest BCUT2D eigenvalue weighted by atomic mass is 15.1. The number of rotatable bonds is 8. The van der Waals surface area contributed by atoms with E-state index in [1.807, 2.05) is 0 Å². The van der Waals surface area contributed by atoms with Gasteiger partial charge in [0.1, 0.15) is 0 Å². The summed E-state index contributed by atoms with van der Waals surface area (Å²) in [6, 6.07) is 0.789. The summed E-state index contributed by atoms with van der Waals surface area (Å²) in [7, 11) is 0. The average Bonchev–Trinajstić information content (AvgIpc) is 2.90. The molecule has 0 amide bonds. The monoisotopic (exact) mass is 211 g/mol. The zero-order valence-corrected chi connectivity index (χ0v) is 11.1. The molecule has 1 rings (SSSR count). The van der Waals surface area contributed by atoms with Gasteiger partial charge in [0, 0.05) is 6.04 Å². The summed E-state index contributed by atoms with van der Waals surface area (Å²) in [5.41, 5.74) is 0. The van der Waals surface area contributed by atoms with Gasteiger partial charge in [-0.1, -0.05) is 27.2 Å². The first-order valence-corrected chi connectivity index (χ1v) is 6.93. The predicted molar refractivity (Wildman–Crippen MR) is 68.1 cm³/mol. The van der Waals surface area contributed by atoms with Crippen molar-refractivity contribution in [2.24, 2.45) is 11.8 Å². The van der Waals surface area contributed by atoms with Crippen LogP contribution in [0.5, 0.6) is 0 Å². The maximum atomic E-state index is 2.65. The molecule has 1 aliphatic rings. The number of hydrogen-bond donors (Lipinski definition) is 0. The van der Waals surface area contributed by atoms with Crippen molar-refractivity contribution in [2.75, 3.05) is 13.1 Å². The first-order valence-electron chi connectivity index (χ1n) is 6.93. The van der Waals surface area contributed by atoms with Gasteiger partial charge in [-0.3, -0.25) is 0 Å². The molecule has 15 heavy (non-hydrogen) atoms. The Morgan fingerprint density at radius 2 is 2.00 bits per heavy atom. The maximum absolute atomic E-state index is 2.65. The largest absolute Gasteiger partial charge is 0.301 e. The third-order valence-corrected chi connectivity index (χ3v) is 4.03. The Kier molecular flexibility index (Phi) is 5.66. The summed E-state index contributed by atoms with van der Waals surface area (Å²) >= 11 is 0. The summed E-state index contributed by atoms with van der Waals surface area (Å²) in [5.74, 6) is 2.11. The highest BCUT2D eigenvalue weighted by molar-refractivity contribution is 4.82. The Hall–Kier alpha value is -0.0400. The van der Waals surface area contributed by atoms with Gasteiger partial charge in [0.25, 0.3) is 0 Å². The van der Waals surface area contributed by atoms with E-state index >= 15 is 0 Å². The fourth-order valence-corrected chi connectivity index (χ4v) is 2.65. The van der Waals surface area contributed by atoms with Crippen LogP contribution in [0.4, 0.5) is 0 Å². The zero-order chi connectivity index (χ0) is 11.3. The second-order valence-electron chi connectivity index (χ2n) is 5.38.